The number of unbranched alkanes of at least 4 members (excludes halogenated alkanes) is 2. The van der Waals surface area contributed by atoms with Crippen molar-refractivity contribution in [1.29, 1.82) is 0 Å². The fraction of sp³-hybridized carbons (Fsp3) is 1.00. The van der Waals surface area contributed by atoms with E-state index in [0.717, 1.165) is 12.5 Å². The Labute approximate surface area is 146 Å². The summed E-state index contributed by atoms with van der Waals surface area (Å²) in [7, 11) is -2.46. The van der Waals surface area contributed by atoms with Gasteiger partial charge in [-0.2, -0.15) is 0 Å². The lowest BCUT2D eigenvalue weighted by Crippen LogP contribution is -2.46. The average Bonchev–Trinajstić information content (AvgIpc) is 2.52. The summed E-state index contributed by atoms with van der Waals surface area (Å²) in [5, 5.41) is 0. The number of rotatable bonds is 16. The van der Waals surface area contributed by atoms with Gasteiger partial charge in [-0.3, -0.25) is 0 Å². The van der Waals surface area contributed by atoms with Crippen molar-refractivity contribution in [2.24, 2.45) is 5.41 Å². The van der Waals surface area contributed by atoms with Crippen LogP contribution in [-0.4, -0.2) is 28.6 Å². The van der Waals surface area contributed by atoms with Crippen LogP contribution in [0, 0.1) is 5.41 Å². The molecule has 0 radical (unpaired) electrons. The third kappa shape index (κ3) is 9.85. The fourth-order valence-electron chi connectivity index (χ4n) is 3.32. The van der Waals surface area contributed by atoms with Gasteiger partial charge in [-0.1, -0.05) is 46.5 Å². The highest BCUT2D eigenvalue weighted by Gasteiger charge is 2.40. The molecule has 3 nitrogen and oxygen atoms in total. The Hall–Kier alpha value is 0.0969. The van der Waals surface area contributed by atoms with Crippen LogP contribution >= 0.6 is 0 Å². The molecule has 0 aliphatic rings. The smallest absolute Gasteiger partial charge is 0.374 e. The molecule has 0 heterocycles. The lowest BCUT2D eigenvalue weighted by Gasteiger charge is -2.32. The van der Waals surface area contributed by atoms with Gasteiger partial charge < -0.3 is 13.3 Å². The molecule has 0 saturated heterocycles. The summed E-state index contributed by atoms with van der Waals surface area (Å²) < 4.78 is 17.9. The Balaban J connectivity index is 4.64. The lowest BCUT2D eigenvalue weighted by atomic mass is 9.77. The van der Waals surface area contributed by atoms with Crippen LogP contribution in [0.1, 0.15) is 92.9 Å². The van der Waals surface area contributed by atoms with Gasteiger partial charge in [0.15, 0.2) is 0 Å². The SMILES string of the molecule is CCCCC(C)(CCCC)CCC[Si](OCC)(OCC)OCC. The van der Waals surface area contributed by atoms with Gasteiger partial charge in [0.1, 0.15) is 0 Å². The first-order valence-electron chi connectivity index (χ1n) is 9.93. The van der Waals surface area contributed by atoms with Gasteiger partial charge in [-0.25, -0.2) is 0 Å². The minimum Gasteiger partial charge on any atom is -0.374 e. The summed E-state index contributed by atoms with van der Waals surface area (Å²) in [6.07, 6.45) is 10.3. The fourth-order valence-corrected chi connectivity index (χ4v) is 5.93. The van der Waals surface area contributed by atoms with Crippen molar-refractivity contribution >= 4 is 8.80 Å². The average molecular weight is 347 g/mol. The van der Waals surface area contributed by atoms with Gasteiger partial charge in [0.2, 0.25) is 0 Å². The first kappa shape index (κ1) is 23.1. The molecule has 0 aromatic heterocycles. The zero-order chi connectivity index (χ0) is 17.6. The zero-order valence-electron chi connectivity index (χ0n) is 16.7. The van der Waals surface area contributed by atoms with Crippen LogP contribution in [-0.2, 0) is 13.3 Å². The molecule has 0 N–H and O–H groups in total. The van der Waals surface area contributed by atoms with E-state index in [1.807, 2.05) is 20.8 Å². The van der Waals surface area contributed by atoms with Gasteiger partial charge in [-0.05, 0) is 51.9 Å². The molecule has 0 rings (SSSR count). The van der Waals surface area contributed by atoms with Crippen LogP contribution in [0.15, 0.2) is 0 Å². The normalized spacial score (nSPS) is 12.8. The van der Waals surface area contributed by atoms with E-state index in [4.69, 9.17) is 13.3 Å². The van der Waals surface area contributed by atoms with E-state index in [1.54, 1.807) is 0 Å². The van der Waals surface area contributed by atoms with E-state index in [9.17, 15) is 0 Å². The molecule has 0 spiro atoms. The Morgan fingerprint density at radius 1 is 0.652 bits per heavy atom. The van der Waals surface area contributed by atoms with Gasteiger partial charge in [-0.15, -0.1) is 0 Å². The van der Waals surface area contributed by atoms with Crippen molar-refractivity contribution in [1.82, 2.24) is 0 Å². The molecule has 140 valence electrons. The van der Waals surface area contributed by atoms with Gasteiger partial charge in [0.25, 0.3) is 0 Å². The molecule has 0 bridgehead atoms. The predicted molar refractivity (Wildman–Crippen MR) is 102 cm³/mol. The Kier molecular flexibility index (Phi) is 13.5. The van der Waals surface area contributed by atoms with E-state index >= 15 is 0 Å². The Morgan fingerprint density at radius 3 is 1.39 bits per heavy atom. The van der Waals surface area contributed by atoms with Crippen LogP contribution in [0.3, 0.4) is 0 Å². The van der Waals surface area contributed by atoms with Gasteiger partial charge in [0.05, 0.1) is 0 Å². The largest absolute Gasteiger partial charge is 0.500 e. The monoisotopic (exact) mass is 346 g/mol. The molecule has 0 amide bonds. The van der Waals surface area contributed by atoms with Crippen molar-refractivity contribution in [2.75, 3.05) is 19.8 Å². The molecular formula is C19H42O3Si. The maximum atomic E-state index is 5.98. The molecule has 23 heavy (non-hydrogen) atoms. The second kappa shape index (κ2) is 13.4. The molecule has 0 aromatic rings. The van der Waals surface area contributed by atoms with Crippen LogP contribution in [0.4, 0.5) is 0 Å². The van der Waals surface area contributed by atoms with E-state index < -0.39 is 8.80 Å². The number of hydrogen-bond donors (Lipinski definition) is 0. The predicted octanol–water partition coefficient (Wildman–Crippen LogP) is 6.20. The molecular weight excluding hydrogens is 304 g/mol. The van der Waals surface area contributed by atoms with E-state index in [1.165, 1.54) is 44.9 Å². The van der Waals surface area contributed by atoms with Crippen molar-refractivity contribution in [3.63, 3.8) is 0 Å². The van der Waals surface area contributed by atoms with E-state index in [-0.39, 0.29) is 0 Å². The molecule has 4 heteroatoms. The minimum absolute atomic E-state index is 0.469. The Morgan fingerprint density at radius 2 is 1.04 bits per heavy atom. The lowest BCUT2D eigenvalue weighted by molar-refractivity contribution is 0.0694. The second-order valence-electron chi connectivity index (χ2n) is 6.85. The molecule has 0 unspecified atom stereocenters. The number of hydrogen-bond acceptors (Lipinski definition) is 3. The van der Waals surface area contributed by atoms with Crippen LogP contribution in [0.5, 0.6) is 0 Å². The summed E-state index contributed by atoms with van der Waals surface area (Å²) in [5.41, 5.74) is 0.469. The van der Waals surface area contributed by atoms with Crippen molar-refractivity contribution < 1.29 is 13.3 Å². The van der Waals surface area contributed by atoms with Crippen molar-refractivity contribution in [3.05, 3.63) is 0 Å². The third-order valence-corrected chi connectivity index (χ3v) is 7.78. The molecule has 0 aliphatic heterocycles. The molecule has 0 fully saturated rings. The summed E-state index contributed by atoms with van der Waals surface area (Å²) >= 11 is 0. The topological polar surface area (TPSA) is 27.7 Å². The standard InChI is InChI=1S/C19H42O3Si/c1-7-12-15-19(6,16-13-8-2)17-14-18-23(20-9-3,21-10-4)22-11-5/h7-18H2,1-6H3. The first-order chi connectivity index (χ1) is 11.0. The summed E-state index contributed by atoms with van der Waals surface area (Å²) in [6, 6.07) is 0.955. The minimum atomic E-state index is -2.46. The summed E-state index contributed by atoms with van der Waals surface area (Å²) in [4.78, 5) is 0. The molecule has 0 atom stereocenters. The molecule has 0 aliphatic carbocycles. The highest BCUT2D eigenvalue weighted by molar-refractivity contribution is 6.60. The van der Waals surface area contributed by atoms with Gasteiger partial charge >= 0.3 is 8.80 Å². The molecule has 0 aromatic carbocycles. The summed E-state index contributed by atoms with van der Waals surface area (Å²) in [5.74, 6) is 0. The highest BCUT2D eigenvalue weighted by Crippen LogP contribution is 2.37. The second-order valence-corrected chi connectivity index (χ2v) is 9.59. The third-order valence-electron chi connectivity index (χ3n) is 4.62. The molecule has 0 saturated carbocycles. The van der Waals surface area contributed by atoms with Crippen molar-refractivity contribution in [3.8, 4) is 0 Å². The van der Waals surface area contributed by atoms with Gasteiger partial charge in [0, 0.05) is 25.9 Å². The quantitative estimate of drug-likeness (QED) is 0.311. The van der Waals surface area contributed by atoms with E-state index in [0.29, 0.717) is 25.2 Å². The van der Waals surface area contributed by atoms with Crippen molar-refractivity contribution in [2.45, 2.75) is 99.0 Å². The maximum Gasteiger partial charge on any atom is 0.500 e. The first-order valence-corrected chi connectivity index (χ1v) is 11.9. The van der Waals surface area contributed by atoms with E-state index in [2.05, 4.69) is 20.8 Å². The van der Waals surface area contributed by atoms with Crippen LogP contribution in [0.25, 0.3) is 0 Å². The van der Waals surface area contributed by atoms with Crippen LogP contribution in [0.2, 0.25) is 6.04 Å². The Bertz CT molecular complexity index is 246. The van der Waals surface area contributed by atoms with Crippen LogP contribution < -0.4 is 0 Å². The zero-order valence-corrected chi connectivity index (χ0v) is 17.7. The summed E-state index contributed by atoms with van der Waals surface area (Å²) in [6.45, 7) is 15.2. The maximum absolute atomic E-state index is 5.98. The highest BCUT2D eigenvalue weighted by atomic mass is 28.4.